The number of thiazole rings is 1. The fourth-order valence-electron chi connectivity index (χ4n) is 2.43. The lowest BCUT2D eigenvalue weighted by Gasteiger charge is -2.14. The van der Waals surface area contributed by atoms with Gasteiger partial charge in [0.25, 0.3) is 0 Å². The Balaban J connectivity index is 1.51. The zero-order valence-corrected chi connectivity index (χ0v) is 14.5. The molecule has 1 fully saturated rings. The van der Waals surface area contributed by atoms with Crippen LogP contribution in [0, 0.1) is 0 Å². The van der Waals surface area contributed by atoms with E-state index in [1.807, 2.05) is 34.5 Å². The quantitative estimate of drug-likeness (QED) is 0.739. The number of carbonyl (C=O) groups is 1. The molecule has 1 aromatic heterocycles. The molecule has 1 saturated heterocycles. The minimum absolute atomic E-state index is 0.277. The highest BCUT2D eigenvalue weighted by atomic mass is 35.5. The van der Waals surface area contributed by atoms with E-state index in [0.29, 0.717) is 6.42 Å². The van der Waals surface area contributed by atoms with E-state index < -0.39 is 0 Å². The number of likely N-dealkylation sites (tertiary alicyclic amines) is 1. The molecule has 116 valence electrons. The number of benzene rings is 1. The highest BCUT2D eigenvalue weighted by Crippen LogP contribution is 2.29. The Morgan fingerprint density at radius 3 is 2.73 bits per heavy atom. The van der Waals surface area contributed by atoms with Gasteiger partial charge < -0.3 is 4.90 Å². The molecule has 3 nitrogen and oxygen atoms in total. The number of hydrogen-bond acceptors (Lipinski definition) is 4. The van der Waals surface area contributed by atoms with Crippen molar-refractivity contribution in [1.82, 2.24) is 9.88 Å². The van der Waals surface area contributed by atoms with Crippen LogP contribution in [-0.4, -0.2) is 34.6 Å². The first-order valence-electron chi connectivity index (χ1n) is 7.34. The molecule has 0 saturated carbocycles. The van der Waals surface area contributed by atoms with E-state index in [1.54, 1.807) is 23.1 Å². The summed E-state index contributed by atoms with van der Waals surface area (Å²) in [6, 6.07) is 7.70. The summed E-state index contributed by atoms with van der Waals surface area (Å²) in [6.45, 7) is 1.86. The van der Waals surface area contributed by atoms with Crippen LogP contribution in [0.4, 0.5) is 0 Å². The molecular formula is C16H17ClN2OS2. The zero-order valence-electron chi connectivity index (χ0n) is 12.1. The maximum atomic E-state index is 12.0. The van der Waals surface area contributed by atoms with Gasteiger partial charge in [-0.2, -0.15) is 0 Å². The second kappa shape index (κ2) is 7.49. The summed E-state index contributed by atoms with van der Waals surface area (Å²) in [4.78, 5) is 18.6. The first kappa shape index (κ1) is 15.8. The Bertz CT molecular complexity index is 636. The molecule has 2 aromatic rings. The first-order chi connectivity index (χ1) is 10.7. The van der Waals surface area contributed by atoms with Crippen molar-refractivity contribution in [2.24, 2.45) is 0 Å². The number of aromatic nitrogens is 1. The molecule has 0 spiro atoms. The van der Waals surface area contributed by atoms with Gasteiger partial charge in [0, 0.05) is 41.2 Å². The Morgan fingerprint density at radius 2 is 2.00 bits per heavy atom. The van der Waals surface area contributed by atoms with Crippen molar-refractivity contribution >= 4 is 40.6 Å². The molecule has 2 heterocycles. The highest BCUT2D eigenvalue weighted by Gasteiger charge is 2.17. The minimum Gasteiger partial charge on any atom is -0.343 e. The van der Waals surface area contributed by atoms with Gasteiger partial charge in [-0.25, -0.2) is 4.98 Å². The highest BCUT2D eigenvalue weighted by molar-refractivity contribution is 8.01. The van der Waals surface area contributed by atoms with Crippen LogP contribution in [0.5, 0.6) is 0 Å². The van der Waals surface area contributed by atoms with Gasteiger partial charge in [0.05, 0.1) is 5.69 Å². The molecule has 0 aliphatic carbocycles. The molecule has 0 bridgehead atoms. The fraction of sp³-hybridized carbons (Fsp3) is 0.375. The molecule has 22 heavy (non-hydrogen) atoms. The largest absolute Gasteiger partial charge is 0.343 e. The van der Waals surface area contributed by atoms with Gasteiger partial charge >= 0.3 is 0 Å². The zero-order chi connectivity index (χ0) is 15.4. The summed E-state index contributed by atoms with van der Waals surface area (Å²) in [5.74, 6) is 1.07. The van der Waals surface area contributed by atoms with Crippen LogP contribution in [0.25, 0.3) is 11.3 Å². The SMILES string of the molecule is O=C(CCSc1nc(-c2ccc(Cl)cc2)cs1)N1CCCC1. The van der Waals surface area contributed by atoms with Gasteiger partial charge in [-0.05, 0) is 25.0 Å². The van der Waals surface area contributed by atoms with Crippen molar-refractivity contribution in [2.75, 3.05) is 18.8 Å². The van der Waals surface area contributed by atoms with E-state index in [4.69, 9.17) is 11.6 Å². The normalized spacial score (nSPS) is 14.5. The fourth-order valence-corrected chi connectivity index (χ4v) is 4.39. The van der Waals surface area contributed by atoms with Crippen LogP contribution >= 0.6 is 34.7 Å². The first-order valence-corrected chi connectivity index (χ1v) is 9.59. The van der Waals surface area contributed by atoms with E-state index >= 15 is 0 Å². The second-order valence-electron chi connectivity index (χ2n) is 5.19. The Kier molecular flexibility index (Phi) is 5.39. The predicted octanol–water partition coefficient (Wildman–Crippen LogP) is 4.57. The lowest BCUT2D eigenvalue weighted by atomic mass is 10.2. The summed E-state index contributed by atoms with van der Waals surface area (Å²) in [6.07, 6.45) is 2.89. The predicted molar refractivity (Wildman–Crippen MR) is 93.7 cm³/mol. The molecule has 6 heteroatoms. The summed E-state index contributed by atoms with van der Waals surface area (Å²) >= 11 is 9.19. The molecule has 0 N–H and O–H groups in total. The van der Waals surface area contributed by atoms with Crippen LogP contribution in [-0.2, 0) is 4.79 Å². The molecule has 3 rings (SSSR count). The Morgan fingerprint density at radius 1 is 1.27 bits per heavy atom. The van der Waals surface area contributed by atoms with Crippen molar-refractivity contribution in [2.45, 2.75) is 23.6 Å². The minimum atomic E-state index is 0.277. The van der Waals surface area contributed by atoms with Gasteiger partial charge in [0.15, 0.2) is 4.34 Å². The lowest BCUT2D eigenvalue weighted by molar-refractivity contribution is -0.129. The van der Waals surface area contributed by atoms with Gasteiger partial charge in [0.1, 0.15) is 0 Å². The molecule has 1 aliphatic rings. The second-order valence-corrected chi connectivity index (χ2v) is 7.83. The van der Waals surface area contributed by atoms with Crippen LogP contribution in [0.1, 0.15) is 19.3 Å². The van der Waals surface area contributed by atoms with Crippen molar-refractivity contribution in [1.29, 1.82) is 0 Å². The van der Waals surface area contributed by atoms with E-state index in [0.717, 1.165) is 52.3 Å². The molecule has 1 amide bonds. The van der Waals surface area contributed by atoms with Gasteiger partial charge in [-0.1, -0.05) is 35.5 Å². The molecule has 1 aromatic carbocycles. The maximum Gasteiger partial charge on any atom is 0.223 e. The number of rotatable bonds is 5. The van der Waals surface area contributed by atoms with Crippen LogP contribution in [0.15, 0.2) is 34.0 Å². The number of carbonyl (C=O) groups excluding carboxylic acids is 1. The molecule has 0 radical (unpaired) electrons. The summed E-state index contributed by atoms with van der Waals surface area (Å²) in [5, 5.41) is 2.78. The molecular weight excluding hydrogens is 336 g/mol. The summed E-state index contributed by atoms with van der Waals surface area (Å²) < 4.78 is 1.01. The number of hydrogen-bond donors (Lipinski definition) is 0. The maximum absolute atomic E-state index is 12.0. The van der Waals surface area contributed by atoms with Gasteiger partial charge in [-0.3, -0.25) is 4.79 Å². The Labute approximate surface area is 143 Å². The third-order valence-electron chi connectivity index (χ3n) is 3.62. The van der Waals surface area contributed by atoms with Crippen LogP contribution in [0.2, 0.25) is 5.02 Å². The van der Waals surface area contributed by atoms with Gasteiger partial charge in [0.2, 0.25) is 5.91 Å². The number of thioether (sulfide) groups is 1. The molecule has 1 aliphatic heterocycles. The Hall–Kier alpha value is -1.04. The number of nitrogens with zero attached hydrogens (tertiary/aromatic N) is 2. The summed E-state index contributed by atoms with van der Waals surface area (Å²) in [5.41, 5.74) is 2.04. The van der Waals surface area contributed by atoms with Crippen LogP contribution in [0.3, 0.4) is 0 Å². The third kappa shape index (κ3) is 4.03. The van der Waals surface area contributed by atoms with Crippen molar-refractivity contribution in [3.05, 3.63) is 34.7 Å². The van der Waals surface area contributed by atoms with E-state index in [-0.39, 0.29) is 5.91 Å². The standard InChI is InChI=1S/C16H17ClN2OS2/c17-13-5-3-12(4-6-13)14-11-22-16(18-14)21-10-7-15(20)19-8-1-2-9-19/h3-6,11H,1-2,7-10H2. The van der Waals surface area contributed by atoms with Crippen molar-refractivity contribution < 1.29 is 4.79 Å². The van der Waals surface area contributed by atoms with E-state index in [1.165, 1.54) is 0 Å². The topological polar surface area (TPSA) is 33.2 Å². The summed E-state index contributed by atoms with van der Waals surface area (Å²) in [7, 11) is 0. The average Bonchev–Trinajstić information content (AvgIpc) is 3.19. The number of amides is 1. The molecule has 0 unspecified atom stereocenters. The van der Waals surface area contributed by atoms with Crippen molar-refractivity contribution in [3.8, 4) is 11.3 Å². The number of halogens is 1. The smallest absolute Gasteiger partial charge is 0.223 e. The van der Waals surface area contributed by atoms with Crippen LogP contribution < -0.4 is 0 Å². The van der Waals surface area contributed by atoms with E-state index in [9.17, 15) is 4.79 Å². The van der Waals surface area contributed by atoms with Gasteiger partial charge in [-0.15, -0.1) is 11.3 Å². The monoisotopic (exact) mass is 352 g/mol. The lowest BCUT2D eigenvalue weighted by Crippen LogP contribution is -2.27. The molecule has 0 atom stereocenters. The van der Waals surface area contributed by atoms with E-state index in [2.05, 4.69) is 4.98 Å². The average molecular weight is 353 g/mol. The van der Waals surface area contributed by atoms with Crippen molar-refractivity contribution in [3.63, 3.8) is 0 Å². The third-order valence-corrected chi connectivity index (χ3v) is 5.90.